The van der Waals surface area contributed by atoms with Crippen LogP contribution in [0.25, 0.3) is 6.08 Å². The Balaban J connectivity index is 2.57. The molecule has 0 aliphatic carbocycles. The summed E-state index contributed by atoms with van der Waals surface area (Å²) in [6, 6.07) is 3.18. The Hall–Kier alpha value is -2.04. The van der Waals surface area contributed by atoms with Crippen molar-refractivity contribution in [2.24, 2.45) is 0 Å². The van der Waals surface area contributed by atoms with E-state index in [0.717, 1.165) is 5.56 Å². The third-order valence-electron chi connectivity index (χ3n) is 2.03. The van der Waals surface area contributed by atoms with Gasteiger partial charge in [0.2, 0.25) is 12.5 Å². The lowest BCUT2D eigenvalue weighted by atomic mass is 10.1. The van der Waals surface area contributed by atoms with Gasteiger partial charge in [0.15, 0.2) is 5.75 Å². The second-order valence-corrected chi connectivity index (χ2v) is 3.03. The van der Waals surface area contributed by atoms with E-state index < -0.39 is 4.92 Å². The van der Waals surface area contributed by atoms with E-state index in [1.165, 1.54) is 6.07 Å². The third-order valence-corrected chi connectivity index (χ3v) is 2.03. The van der Waals surface area contributed by atoms with Crippen molar-refractivity contribution in [3.05, 3.63) is 33.9 Å². The average molecular weight is 207 g/mol. The van der Waals surface area contributed by atoms with Gasteiger partial charge in [-0.1, -0.05) is 12.2 Å². The Morgan fingerprint density at radius 3 is 2.93 bits per heavy atom. The van der Waals surface area contributed by atoms with Crippen molar-refractivity contribution in [1.82, 2.24) is 0 Å². The quantitative estimate of drug-likeness (QED) is 0.551. The lowest BCUT2D eigenvalue weighted by Gasteiger charge is -1.99. The van der Waals surface area contributed by atoms with Crippen LogP contribution in [0.3, 0.4) is 0 Å². The second kappa shape index (κ2) is 3.61. The molecule has 5 heteroatoms. The maximum Gasteiger partial charge on any atom is 0.315 e. The summed E-state index contributed by atoms with van der Waals surface area (Å²) in [6.07, 6.45) is 3.58. The molecule has 78 valence electrons. The van der Waals surface area contributed by atoms with Crippen LogP contribution in [0.15, 0.2) is 18.2 Å². The molecule has 1 aromatic carbocycles. The van der Waals surface area contributed by atoms with Gasteiger partial charge in [0.25, 0.3) is 0 Å². The molecule has 0 atom stereocenters. The first-order valence-corrected chi connectivity index (χ1v) is 4.43. The van der Waals surface area contributed by atoms with Crippen LogP contribution >= 0.6 is 0 Å². The van der Waals surface area contributed by atoms with Crippen LogP contribution in [0.2, 0.25) is 0 Å². The summed E-state index contributed by atoms with van der Waals surface area (Å²) in [7, 11) is 0. The van der Waals surface area contributed by atoms with Crippen molar-refractivity contribution in [2.45, 2.75) is 6.92 Å². The lowest BCUT2D eigenvalue weighted by Crippen LogP contribution is -1.94. The van der Waals surface area contributed by atoms with E-state index in [4.69, 9.17) is 9.47 Å². The van der Waals surface area contributed by atoms with Crippen LogP contribution in [0.5, 0.6) is 11.5 Å². The van der Waals surface area contributed by atoms with Crippen LogP contribution in [0, 0.1) is 10.1 Å². The molecule has 1 aliphatic rings. The molecular formula is C10H9NO4. The van der Waals surface area contributed by atoms with Crippen molar-refractivity contribution >= 4 is 11.8 Å². The van der Waals surface area contributed by atoms with Crippen LogP contribution in [0.4, 0.5) is 5.69 Å². The van der Waals surface area contributed by atoms with E-state index in [0.29, 0.717) is 5.75 Å². The highest BCUT2D eigenvalue weighted by Gasteiger charge is 2.26. The van der Waals surface area contributed by atoms with Crippen LogP contribution < -0.4 is 9.47 Å². The maximum atomic E-state index is 10.8. The molecule has 2 rings (SSSR count). The van der Waals surface area contributed by atoms with E-state index in [9.17, 15) is 10.1 Å². The lowest BCUT2D eigenvalue weighted by molar-refractivity contribution is -0.385. The molecule has 0 aromatic heterocycles. The van der Waals surface area contributed by atoms with Gasteiger partial charge in [-0.15, -0.1) is 0 Å². The molecule has 0 unspecified atom stereocenters. The van der Waals surface area contributed by atoms with E-state index in [2.05, 4.69) is 0 Å². The van der Waals surface area contributed by atoms with Gasteiger partial charge in [-0.2, -0.15) is 0 Å². The SMILES string of the molecule is CC=Cc1cc2c(c([N+](=O)[O-])c1)OCO2. The summed E-state index contributed by atoms with van der Waals surface area (Å²) in [5.74, 6) is 0.644. The van der Waals surface area contributed by atoms with Crippen molar-refractivity contribution in [2.75, 3.05) is 6.79 Å². The number of nitrogens with zero attached hydrogens (tertiary/aromatic N) is 1. The highest BCUT2D eigenvalue weighted by molar-refractivity contribution is 5.65. The Morgan fingerprint density at radius 1 is 1.47 bits per heavy atom. The first-order chi connectivity index (χ1) is 7.22. The summed E-state index contributed by atoms with van der Waals surface area (Å²) in [6.45, 7) is 1.88. The van der Waals surface area contributed by atoms with Gasteiger partial charge in [0, 0.05) is 6.07 Å². The van der Waals surface area contributed by atoms with Gasteiger partial charge < -0.3 is 9.47 Å². The number of nitro groups is 1. The molecular weight excluding hydrogens is 198 g/mol. The number of hydrogen-bond acceptors (Lipinski definition) is 4. The molecule has 0 saturated heterocycles. The minimum absolute atomic E-state index is 0.0372. The molecule has 0 saturated carbocycles. The topological polar surface area (TPSA) is 61.6 Å². The second-order valence-electron chi connectivity index (χ2n) is 3.03. The number of rotatable bonds is 2. The summed E-state index contributed by atoms with van der Waals surface area (Å²) >= 11 is 0. The van der Waals surface area contributed by atoms with Crippen molar-refractivity contribution in [1.29, 1.82) is 0 Å². The molecule has 0 spiro atoms. The standard InChI is InChI=1S/C10H9NO4/c1-2-3-7-4-8(11(12)13)10-9(5-7)14-6-15-10/h2-5H,6H2,1H3. The van der Waals surface area contributed by atoms with E-state index >= 15 is 0 Å². The van der Waals surface area contributed by atoms with Crippen LogP contribution in [0.1, 0.15) is 12.5 Å². The maximum absolute atomic E-state index is 10.8. The zero-order valence-electron chi connectivity index (χ0n) is 8.10. The highest BCUT2D eigenvalue weighted by Crippen LogP contribution is 2.41. The molecule has 0 fully saturated rings. The average Bonchev–Trinajstić information content (AvgIpc) is 2.64. The van der Waals surface area contributed by atoms with Crippen molar-refractivity contribution < 1.29 is 14.4 Å². The molecule has 0 N–H and O–H groups in total. The highest BCUT2D eigenvalue weighted by atomic mass is 16.7. The molecule has 15 heavy (non-hydrogen) atoms. The first kappa shape index (κ1) is 9.51. The molecule has 0 radical (unpaired) electrons. The monoisotopic (exact) mass is 207 g/mol. The fourth-order valence-electron chi connectivity index (χ4n) is 1.44. The fraction of sp³-hybridized carbons (Fsp3) is 0.200. The molecule has 0 amide bonds. The number of hydrogen-bond donors (Lipinski definition) is 0. The van der Waals surface area contributed by atoms with Crippen LogP contribution in [-0.2, 0) is 0 Å². The van der Waals surface area contributed by atoms with Crippen molar-refractivity contribution in [3.63, 3.8) is 0 Å². The molecule has 5 nitrogen and oxygen atoms in total. The normalized spacial score (nSPS) is 13.4. The Labute approximate surface area is 86.1 Å². The van der Waals surface area contributed by atoms with Gasteiger partial charge in [-0.3, -0.25) is 10.1 Å². The Kier molecular flexibility index (Phi) is 2.29. The number of benzene rings is 1. The molecule has 0 bridgehead atoms. The zero-order valence-corrected chi connectivity index (χ0v) is 8.10. The smallest absolute Gasteiger partial charge is 0.315 e. The summed E-state index contributed by atoms with van der Waals surface area (Å²) in [4.78, 5) is 10.3. The summed E-state index contributed by atoms with van der Waals surface area (Å²) < 4.78 is 10.2. The molecule has 1 heterocycles. The van der Waals surface area contributed by atoms with E-state index in [1.54, 1.807) is 18.2 Å². The largest absolute Gasteiger partial charge is 0.453 e. The number of fused-ring (bicyclic) bond motifs is 1. The molecule has 1 aromatic rings. The predicted octanol–water partition coefficient (Wildman–Crippen LogP) is 2.36. The van der Waals surface area contributed by atoms with E-state index in [1.807, 2.05) is 6.92 Å². The Morgan fingerprint density at radius 2 is 2.27 bits per heavy atom. The summed E-state index contributed by atoms with van der Waals surface area (Å²) in [5.41, 5.74) is 0.673. The van der Waals surface area contributed by atoms with Gasteiger partial charge >= 0.3 is 5.69 Å². The van der Waals surface area contributed by atoms with Crippen molar-refractivity contribution in [3.8, 4) is 11.5 Å². The zero-order chi connectivity index (χ0) is 10.8. The first-order valence-electron chi connectivity index (χ1n) is 4.43. The minimum atomic E-state index is -0.472. The van der Waals surface area contributed by atoms with E-state index in [-0.39, 0.29) is 18.2 Å². The third kappa shape index (κ3) is 1.63. The fourth-order valence-corrected chi connectivity index (χ4v) is 1.44. The Bertz CT molecular complexity index is 439. The minimum Gasteiger partial charge on any atom is -0.453 e. The predicted molar refractivity (Wildman–Crippen MR) is 53.9 cm³/mol. The van der Waals surface area contributed by atoms with Gasteiger partial charge in [0.1, 0.15) is 0 Å². The van der Waals surface area contributed by atoms with Gasteiger partial charge in [-0.05, 0) is 18.6 Å². The summed E-state index contributed by atoms with van der Waals surface area (Å²) in [5, 5.41) is 10.8. The van der Waals surface area contributed by atoms with Gasteiger partial charge in [0.05, 0.1) is 4.92 Å². The number of ether oxygens (including phenoxy) is 2. The number of nitro benzene ring substituents is 1. The van der Waals surface area contributed by atoms with Gasteiger partial charge in [-0.25, -0.2) is 0 Å². The number of allylic oxidation sites excluding steroid dienone is 1. The van der Waals surface area contributed by atoms with Crippen LogP contribution in [-0.4, -0.2) is 11.7 Å². The molecule has 1 aliphatic heterocycles.